The van der Waals surface area contributed by atoms with E-state index in [1.807, 2.05) is 24.3 Å². The maximum absolute atomic E-state index is 13.4. The molecular formula is C17H19F. The number of benzene rings is 2. The topological polar surface area (TPSA) is 0 Å². The van der Waals surface area contributed by atoms with Crippen molar-refractivity contribution >= 4 is 0 Å². The molecule has 0 nitrogen and oxygen atoms in total. The van der Waals surface area contributed by atoms with Crippen molar-refractivity contribution in [2.24, 2.45) is 5.41 Å². The summed E-state index contributed by atoms with van der Waals surface area (Å²) in [5.74, 6) is 0.0343. The Labute approximate surface area is 108 Å². The second kappa shape index (κ2) is 4.93. The standard InChI is InChI=1S/C17H19F/c1-17(2,3)16(13-8-5-4-6-9-13)14-10-7-11-15(18)12-14/h4-12,16H,1-3H3. The fourth-order valence-electron chi connectivity index (χ4n) is 2.52. The van der Waals surface area contributed by atoms with Crippen LogP contribution in [0.25, 0.3) is 0 Å². The minimum Gasteiger partial charge on any atom is -0.207 e. The summed E-state index contributed by atoms with van der Waals surface area (Å²) in [4.78, 5) is 0. The Kier molecular flexibility index (Phi) is 3.51. The van der Waals surface area contributed by atoms with Crippen molar-refractivity contribution in [3.63, 3.8) is 0 Å². The zero-order chi connectivity index (χ0) is 13.2. The van der Waals surface area contributed by atoms with E-state index in [0.717, 1.165) is 5.56 Å². The van der Waals surface area contributed by atoms with Gasteiger partial charge in [-0.3, -0.25) is 0 Å². The quantitative estimate of drug-likeness (QED) is 0.695. The van der Waals surface area contributed by atoms with E-state index in [0.29, 0.717) is 0 Å². The molecule has 0 radical (unpaired) electrons. The fraction of sp³-hybridized carbons (Fsp3) is 0.294. The molecule has 0 aromatic heterocycles. The summed E-state index contributed by atoms with van der Waals surface area (Å²) < 4.78 is 13.4. The lowest BCUT2D eigenvalue weighted by Crippen LogP contribution is -2.19. The third-order valence-electron chi connectivity index (χ3n) is 3.18. The van der Waals surface area contributed by atoms with Gasteiger partial charge in [0.25, 0.3) is 0 Å². The molecule has 0 heterocycles. The van der Waals surface area contributed by atoms with E-state index in [4.69, 9.17) is 0 Å². The van der Waals surface area contributed by atoms with E-state index in [2.05, 4.69) is 32.9 Å². The van der Waals surface area contributed by atoms with Gasteiger partial charge in [-0.1, -0.05) is 63.2 Å². The van der Waals surface area contributed by atoms with Crippen LogP contribution in [0.3, 0.4) is 0 Å². The maximum Gasteiger partial charge on any atom is 0.123 e. The van der Waals surface area contributed by atoms with Crippen LogP contribution in [0.1, 0.15) is 37.8 Å². The predicted octanol–water partition coefficient (Wildman–Crippen LogP) is 5.00. The highest BCUT2D eigenvalue weighted by Gasteiger charge is 2.27. The Hall–Kier alpha value is -1.63. The van der Waals surface area contributed by atoms with Gasteiger partial charge in [-0.15, -0.1) is 0 Å². The van der Waals surface area contributed by atoms with Crippen LogP contribution >= 0.6 is 0 Å². The van der Waals surface area contributed by atoms with Crippen molar-refractivity contribution in [3.8, 4) is 0 Å². The molecule has 2 aromatic carbocycles. The van der Waals surface area contributed by atoms with Crippen LogP contribution in [0.4, 0.5) is 4.39 Å². The molecule has 0 aliphatic heterocycles. The predicted molar refractivity (Wildman–Crippen MR) is 74.1 cm³/mol. The monoisotopic (exact) mass is 242 g/mol. The zero-order valence-electron chi connectivity index (χ0n) is 11.2. The molecule has 2 rings (SSSR count). The van der Waals surface area contributed by atoms with Gasteiger partial charge in [0.15, 0.2) is 0 Å². The van der Waals surface area contributed by atoms with Crippen molar-refractivity contribution in [2.45, 2.75) is 26.7 Å². The largest absolute Gasteiger partial charge is 0.207 e. The van der Waals surface area contributed by atoms with Crippen molar-refractivity contribution < 1.29 is 4.39 Å². The number of halogens is 1. The summed E-state index contributed by atoms with van der Waals surface area (Å²) in [6.07, 6.45) is 0. The van der Waals surface area contributed by atoms with Crippen LogP contribution in [0.2, 0.25) is 0 Å². The highest BCUT2D eigenvalue weighted by molar-refractivity contribution is 5.34. The van der Waals surface area contributed by atoms with Gasteiger partial charge in [0.1, 0.15) is 5.82 Å². The van der Waals surface area contributed by atoms with Gasteiger partial charge in [0.05, 0.1) is 0 Å². The smallest absolute Gasteiger partial charge is 0.123 e. The summed E-state index contributed by atoms with van der Waals surface area (Å²) in [6, 6.07) is 17.2. The Morgan fingerprint density at radius 2 is 1.44 bits per heavy atom. The summed E-state index contributed by atoms with van der Waals surface area (Å²) in [6.45, 7) is 6.57. The van der Waals surface area contributed by atoms with E-state index in [-0.39, 0.29) is 17.2 Å². The third-order valence-corrected chi connectivity index (χ3v) is 3.18. The first-order valence-electron chi connectivity index (χ1n) is 6.29. The van der Waals surface area contributed by atoms with Crippen molar-refractivity contribution in [1.29, 1.82) is 0 Å². The van der Waals surface area contributed by atoms with Gasteiger partial charge in [0.2, 0.25) is 0 Å². The molecule has 0 N–H and O–H groups in total. The molecule has 0 saturated carbocycles. The second-order valence-corrected chi connectivity index (χ2v) is 5.76. The van der Waals surface area contributed by atoms with Crippen LogP contribution in [-0.4, -0.2) is 0 Å². The van der Waals surface area contributed by atoms with Crippen LogP contribution in [0.5, 0.6) is 0 Å². The van der Waals surface area contributed by atoms with Gasteiger partial charge < -0.3 is 0 Å². The molecule has 1 heteroatoms. The average molecular weight is 242 g/mol. The molecule has 18 heavy (non-hydrogen) atoms. The van der Waals surface area contributed by atoms with Gasteiger partial charge in [0, 0.05) is 5.92 Å². The molecule has 94 valence electrons. The third kappa shape index (κ3) is 2.79. The Balaban J connectivity index is 2.51. The first kappa shape index (κ1) is 12.8. The first-order valence-corrected chi connectivity index (χ1v) is 6.29. The molecule has 0 aliphatic carbocycles. The highest BCUT2D eigenvalue weighted by Crippen LogP contribution is 2.40. The molecule has 0 spiro atoms. The molecule has 1 unspecified atom stereocenters. The Morgan fingerprint density at radius 3 is 2.00 bits per heavy atom. The van der Waals surface area contributed by atoms with Crippen LogP contribution < -0.4 is 0 Å². The maximum atomic E-state index is 13.4. The van der Waals surface area contributed by atoms with Crippen LogP contribution in [-0.2, 0) is 0 Å². The van der Waals surface area contributed by atoms with Crippen LogP contribution in [0, 0.1) is 11.2 Å². The van der Waals surface area contributed by atoms with E-state index >= 15 is 0 Å². The molecule has 0 saturated heterocycles. The van der Waals surface area contributed by atoms with Gasteiger partial charge >= 0.3 is 0 Å². The Bertz CT molecular complexity index is 509. The molecule has 0 aliphatic rings. The first-order chi connectivity index (χ1) is 8.48. The molecule has 0 fully saturated rings. The average Bonchev–Trinajstić information content (AvgIpc) is 2.28. The lowest BCUT2D eigenvalue weighted by Gasteiger charge is -2.31. The number of rotatable bonds is 2. The molecule has 0 amide bonds. The van der Waals surface area contributed by atoms with Gasteiger partial charge in [-0.25, -0.2) is 4.39 Å². The van der Waals surface area contributed by atoms with Gasteiger partial charge in [-0.05, 0) is 28.7 Å². The van der Waals surface area contributed by atoms with E-state index in [9.17, 15) is 4.39 Å². The summed E-state index contributed by atoms with van der Waals surface area (Å²) in [5.41, 5.74) is 2.32. The second-order valence-electron chi connectivity index (χ2n) is 5.76. The van der Waals surface area contributed by atoms with Crippen molar-refractivity contribution in [1.82, 2.24) is 0 Å². The lowest BCUT2D eigenvalue weighted by atomic mass is 9.72. The number of hydrogen-bond donors (Lipinski definition) is 0. The SMILES string of the molecule is CC(C)(C)C(c1ccccc1)c1cccc(F)c1. The molecular weight excluding hydrogens is 223 g/mol. The normalized spacial score (nSPS) is 13.3. The summed E-state index contributed by atoms with van der Waals surface area (Å²) >= 11 is 0. The highest BCUT2D eigenvalue weighted by atomic mass is 19.1. The van der Waals surface area contributed by atoms with E-state index in [1.165, 1.54) is 11.6 Å². The number of hydrogen-bond acceptors (Lipinski definition) is 0. The summed E-state index contributed by atoms with van der Waals surface area (Å²) in [5, 5.41) is 0. The minimum absolute atomic E-state index is 0.0507. The lowest BCUT2D eigenvalue weighted by molar-refractivity contribution is 0.358. The van der Waals surface area contributed by atoms with E-state index in [1.54, 1.807) is 12.1 Å². The fourth-order valence-corrected chi connectivity index (χ4v) is 2.52. The molecule has 2 aromatic rings. The molecule has 1 atom stereocenters. The van der Waals surface area contributed by atoms with Crippen molar-refractivity contribution in [3.05, 3.63) is 71.5 Å². The van der Waals surface area contributed by atoms with Crippen LogP contribution in [0.15, 0.2) is 54.6 Å². The molecule has 0 bridgehead atoms. The van der Waals surface area contributed by atoms with Crippen molar-refractivity contribution in [2.75, 3.05) is 0 Å². The van der Waals surface area contributed by atoms with E-state index < -0.39 is 0 Å². The zero-order valence-corrected chi connectivity index (χ0v) is 11.2. The minimum atomic E-state index is -0.169. The summed E-state index contributed by atoms with van der Waals surface area (Å²) in [7, 11) is 0. The van der Waals surface area contributed by atoms with Gasteiger partial charge in [-0.2, -0.15) is 0 Å². The Morgan fingerprint density at radius 1 is 0.833 bits per heavy atom.